The summed E-state index contributed by atoms with van der Waals surface area (Å²) in [6.45, 7) is 0.155. The molecule has 4 rings (SSSR count). The minimum Gasteiger partial charge on any atom is -0.508 e. The van der Waals surface area contributed by atoms with Gasteiger partial charge in [0.15, 0.2) is 11.5 Å². The van der Waals surface area contributed by atoms with Gasteiger partial charge in [0.1, 0.15) is 5.75 Å². The van der Waals surface area contributed by atoms with Crippen LogP contribution in [0.4, 0.5) is 0 Å². The van der Waals surface area contributed by atoms with Crippen LogP contribution in [0.1, 0.15) is 16.7 Å². The summed E-state index contributed by atoms with van der Waals surface area (Å²) in [5.41, 5.74) is 7.09. The second kappa shape index (κ2) is 6.61. The summed E-state index contributed by atoms with van der Waals surface area (Å²) >= 11 is 0. The lowest BCUT2D eigenvalue weighted by molar-refractivity contribution is -0.130. The lowest BCUT2D eigenvalue weighted by Gasteiger charge is -2.27. The Morgan fingerprint density at radius 1 is 0.852 bits per heavy atom. The third-order valence-corrected chi connectivity index (χ3v) is 4.82. The van der Waals surface area contributed by atoms with Gasteiger partial charge in [-0.3, -0.25) is 9.69 Å². The molecule has 1 amide bonds. The minimum absolute atomic E-state index is 0.120. The Morgan fingerprint density at radius 3 is 1.93 bits per heavy atom. The van der Waals surface area contributed by atoms with E-state index in [9.17, 15) is 9.90 Å². The number of amides is 1. The van der Waals surface area contributed by atoms with E-state index in [1.165, 1.54) is 4.90 Å². The fourth-order valence-electron chi connectivity index (χ4n) is 3.45. The maximum atomic E-state index is 13.6. The number of nitrogens with two attached hydrogens (primary N) is 1. The molecule has 3 N–H and O–H groups in total. The molecule has 0 unspecified atom stereocenters. The molecule has 1 aliphatic heterocycles. The highest BCUT2D eigenvalue weighted by molar-refractivity contribution is 6.09. The van der Waals surface area contributed by atoms with Crippen molar-refractivity contribution in [2.45, 2.75) is 12.1 Å². The van der Waals surface area contributed by atoms with Crippen LogP contribution in [-0.4, -0.2) is 21.9 Å². The maximum Gasteiger partial charge on any atom is 0.266 e. The molecule has 0 spiro atoms. The predicted molar refractivity (Wildman–Crippen MR) is 104 cm³/mol. The third kappa shape index (κ3) is 2.73. The van der Waals surface area contributed by atoms with E-state index in [0.717, 1.165) is 11.1 Å². The van der Waals surface area contributed by atoms with Crippen LogP contribution >= 0.6 is 0 Å². The number of aromatic hydroxyl groups is 1. The number of hydrogen-bond donors (Lipinski definition) is 2. The van der Waals surface area contributed by atoms with Gasteiger partial charge in [-0.1, -0.05) is 78.9 Å². The Balaban J connectivity index is 1.82. The topological polar surface area (TPSA) is 78.9 Å². The van der Waals surface area contributed by atoms with Crippen molar-refractivity contribution >= 4 is 11.9 Å². The highest BCUT2D eigenvalue weighted by atomic mass is 16.3. The summed E-state index contributed by atoms with van der Waals surface area (Å²) in [6, 6.07) is 25.7. The van der Waals surface area contributed by atoms with Crippen LogP contribution in [-0.2, 0) is 16.9 Å². The Bertz CT molecular complexity index is 961. The molecule has 5 heteroatoms. The number of hydrogen-bond acceptors (Lipinski definition) is 4. The molecule has 0 saturated carbocycles. The first-order valence-corrected chi connectivity index (χ1v) is 8.68. The summed E-state index contributed by atoms with van der Waals surface area (Å²) in [5.74, 6) is 0.0200. The van der Waals surface area contributed by atoms with E-state index in [2.05, 4.69) is 4.99 Å². The van der Waals surface area contributed by atoms with Crippen molar-refractivity contribution in [1.29, 1.82) is 0 Å². The monoisotopic (exact) mass is 357 g/mol. The van der Waals surface area contributed by atoms with E-state index >= 15 is 0 Å². The molecule has 1 heterocycles. The first-order chi connectivity index (χ1) is 13.1. The average Bonchev–Trinajstić information content (AvgIpc) is 2.96. The Labute approximate surface area is 157 Å². The standard InChI is InChI=1S/C22H19N3O2/c23-21-24-22(17-10-3-1-4-11-17,18-12-5-2-6-13-18)20(27)25(21)15-16-9-7-8-14-19(16)26/h1-14,26H,15H2,(H2,23,24). The van der Waals surface area contributed by atoms with E-state index in [0.29, 0.717) is 5.56 Å². The van der Waals surface area contributed by atoms with E-state index < -0.39 is 5.54 Å². The van der Waals surface area contributed by atoms with Crippen LogP contribution < -0.4 is 5.73 Å². The van der Waals surface area contributed by atoms with Gasteiger partial charge in [0.05, 0.1) is 6.54 Å². The smallest absolute Gasteiger partial charge is 0.266 e. The van der Waals surface area contributed by atoms with Gasteiger partial charge in [-0.05, 0) is 17.2 Å². The summed E-state index contributed by atoms with van der Waals surface area (Å²) < 4.78 is 0. The van der Waals surface area contributed by atoms with Gasteiger partial charge in [0.25, 0.3) is 5.91 Å². The first-order valence-electron chi connectivity index (χ1n) is 8.68. The molecule has 3 aromatic carbocycles. The zero-order valence-electron chi connectivity index (χ0n) is 14.6. The molecule has 0 bridgehead atoms. The van der Waals surface area contributed by atoms with Crippen molar-refractivity contribution < 1.29 is 9.90 Å². The van der Waals surface area contributed by atoms with Gasteiger partial charge in [0.2, 0.25) is 0 Å². The molecule has 3 aromatic rings. The maximum absolute atomic E-state index is 13.6. The second-order valence-corrected chi connectivity index (χ2v) is 6.43. The lowest BCUT2D eigenvalue weighted by Crippen LogP contribution is -2.43. The van der Waals surface area contributed by atoms with Crippen LogP contribution in [0.3, 0.4) is 0 Å². The Hall–Kier alpha value is -3.60. The van der Waals surface area contributed by atoms with Crippen LogP contribution in [0.15, 0.2) is 89.9 Å². The van der Waals surface area contributed by atoms with Gasteiger partial charge in [-0.2, -0.15) is 0 Å². The van der Waals surface area contributed by atoms with Crippen LogP contribution in [0, 0.1) is 0 Å². The van der Waals surface area contributed by atoms with E-state index in [1.54, 1.807) is 18.2 Å². The van der Waals surface area contributed by atoms with Crippen LogP contribution in [0.5, 0.6) is 5.75 Å². The number of rotatable bonds is 4. The van der Waals surface area contributed by atoms with Crippen molar-refractivity contribution in [3.63, 3.8) is 0 Å². The lowest BCUT2D eigenvalue weighted by atomic mass is 9.83. The molecule has 0 aliphatic carbocycles. The zero-order valence-corrected chi connectivity index (χ0v) is 14.6. The zero-order chi connectivity index (χ0) is 18.9. The number of phenolic OH excluding ortho intramolecular Hbond substituents is 1. The molecule has 0 saturated heterocycles. The third-order valence-electron chi connectivity index (χ3n) is 4.82. The van der Waals surface area contributed by atoms with Gasteiger partial charge in [0, 0.05) is 5.56 Å². The van der Waals surface area contributed by atoms with Crippen molar-refractivity contribution in [3.05, 3.63) is 102 Å². The number of nitrogens with zero attached hydrogens (tertiary/aromatic N) is 2. The molecule has 0 radical (unpaired) electrons. The number of carbonyl (C=O) groups is 1. The number of para-hydroxylation sites is 1. The van der Waals surface area contributed by atoms with Gasteiger partial charge < -0.3 is 10.8 Å². The summed E-state index contributed by atoms with van der Waals surface area (Å²) in [4.78, 5) is 19.7. The molecule has 0 atom stereocenters. The Kier molecular flexibility index (Phi) is 4.12. The van der Waals surface area contributed by atoms with E-state index in [-0.39, 0.29) is 24.2 Å². The Morgan fingerprint density at radius 2 is 1.37 bits per heavy atom. The number of aliphatic imine (C=N–C) groups is 1. The predicted octanol–water partition coefficient (Wildman–Crippen LogP) is 2.99. The quantitative estimate of drug-likeness (QED) is 0.753. The average molecular weight is 357 g/mol. The summed E-state index contributed by atoms with van der Waals surface area (Å²) in [6.07, 6.45) is 0. The number of guanidine groups is 1. The second-order valence-electron chi connectivity index (χ2n) is 6.43. The van der Waals surface area contributed by atoms with Gasteiger partial charge in [-0.25, -0.2) is 4.99 Å². The minimum atomic E-state index is -1.23. The largest absolute Gasteiger partial charge is 0.508 e. The van der Waals surface area contributed by atoms with Crippen LogP contribution in [0.25, 0.3) is 0 Å². The fourth-order valence-corrected chi connectivity index (χ4v) is 3.45. The normalized spacial score (nSPS) is 15.6. The first kappa shape index (κ1) is 16.8. The highest BCUT2D eigenvalue weighted by Gasteiger charge is 2.50. The van der Waals surface area contributed by atoms with Gasteiger partial charge in [-0.15, -0.1) is 0 Å². The molecule has 5 nitrogen and oxygen atoms in total. The summed E-state index contributed by atoms with van der Waals surface area (Å²) in [7, 11) is 0. The molecule has 0 aromatic heterocycles. The van der Waals surface area contributed by atoms with Gasteiger partial charge >= 0.3 is 0 Å². The van der Waals surface area contributed by atoms with Crippen molar-refractivity contribution in [1.82, 2.24) is 4.90 Å². The highest BCUT2D eigenvalue weighted by Crippen LogP contribution is 2.40. The molecule has 1 aliphatic rings. The SMILES string of the molecule is NC1=NC(c2ccccc2)(c2ccccc2)C(=O)N1Cc1ccccc1O. The van der Waals surface area contributed by atoms with E-state index in [4.69, 9.17) is 5.73 Å². The molecule has 134 valence electrons. The van der Waals surface area contributed by atoms with Crippen LogP contribution in [0.2, 0.25) is 0 Å². The number of phenols is 1. The molecule has 0 fully saturated rings. The van der Waals surface area contributed by atoms with Crippen molar-refractivity contribution in [2.75, 3.05) is 0 Å². The molecular formula is C22H19N3O2. The summed E-state index contributed by atoms with van der Waals surface area (Å²) in [5, 5.41) is 10.1. The van der Waals surface area contributed by atoms with Crippen molar-refractivity contribution in [2.24, 2.45) is 10.7 Å². The number of benzene rings is 3. The number of carbonyl (C=O) groups excluding carboxylic acids is 1. The molecular weight excluding hydrogens is 338 g/mol. The fraction of sp³-hybridized carbons (Fsp3) is 0.0909. The van der Waals surface area contributed by atoms with E-state index in [1.807, 2.05) is 66.7 Å². The van der Waals surface area contributed by atoms with Crippen molar-refractivity contribution in [3.8, 4) is 5.75 Å². The molecule has 27 heavy (non-hydrogen) atoms.